The van der Waals surface area contributed by atoms with Gasteiger partial charge in [-0.1, -0.05) is 30.0 Å². The lowest BCUT2D eigenvalue weighted by molar-refractivity contribution is -0.135. The van der Waals surface area contributed by atoms with E-state index in [2.05, 4.69) is 46.0 Å². The van der Waals surface area contributed by atoms with Gasteiger partial charge in [0.25, 0.3) is 0 Å². The Balaban J connectivity index is 1.49. The summed E-state index contributed by atoms with van der Waals surface area (Å²) in [6, 6.07) is 14.5. The second-order valence-electron chi connectivity index (χ2n) is 9.29. The second kappa shape index (κ2) is 10.9. The predicted molar refractivity (Wildman–Crippen MR) is 130 cm³/mol. The van der Waals surface area contributed by atoms with Crippen molar-refractivity contribution in [1.29, 1.82) is 0 Å². The van der Waals surface area contributed by atoms with E-state index in [1.54, 1.807) is 6.20 Å². The van der Waals surface area contributed by atoms with E-state index in [1.807, 2.05) is 42.1 Å². The number of carbonyl (C=O) groups excluding carboxylic acids is 1. The first-order valence-corrected chi connectivity index (χ1v) is 11.8. The molecule has 0 unspecified atom stereocenters. The molecule has 4 rings (SSSR count). The monoisotopic (exact) mass is 446 g/mol. The first-order chi connectivity index (χ1) is 16.1. The molecule has 33 heavy (non-hydrogen) atoms. The molecule has 6 nitrogen and oxygen atoms in total. The molecule has 1 N–H and O–H groups in total. The molecule has 2 aliphatic heterocycles. The molecule has 2 saturated heterocycles. The lowest BCUT2D eigenvalue weighted by Gasteiger charge is -2.57. The minimum absolute atomic E-state index is 0.103. The number of rotatable bonds is 5. The first kappa shape index (κ1) is 23.4. The van der Waals surface area contributed by atoms with Gasteiger partial charge in [-0.3, -0.25) is 19.6 Å². The zero-order valence-corrected chi connectivity index (χ0v) is 19.7. The number of aliphatic hydroxyl groups is 1. The van der Waals surface area contributed by atoms with Crippen LogP contribution in [0.2, 0.25) is 0 Å². The molecule has 6 heteroatoms. The van der Waals surface area contributed by atoms with Gasteiger partial charge in [-0.05, 0) is 63.3 Å². The maximum Gasteiger partial charge on any atom is 0.228 e. The van der Waals surface area contributed by atoms with E-state index >= 15 is 0 Å². The molecule has 0 saturated carbocycles. The third-order valence-electron chi connectivity index (χ3n) is 6.70. The summed E-state index contributed by atoms with van der Waals surface area (Å²) in [5.41, 5.74) is 3.03. The Morgan fingerprint density at radius 3 is 2.64 bits per heavy atom. The van der Waals surface area contributed by atoms with Gasteiger partial charge < -0.3 is 10.0 Å². The molecular weight excluding hydrogens is 412 g/mol. The van der Waals surface area contributed by atoms with Gasteiger partial charge in [0.15, 0.2) is 0 Å². The van der Waals surface area contributed by atoms with E-state index in [9.17, 15) is 9.90 Å². The van der Waals surface area contributed by atoms with Crippen LogP contribution in [-0.4, -0.2) is 89.7 Å². The molecule has 0 bridgehead atoms. The number of aromatic nitrogens is 1. The Labute approximate surface area is 197 Å². The van der Waals surface area contributed by atoms with Crippen LogP contribution in [-0.2, 0) is 11.2 Å². The molecule has 1 amide bonds. The number of aliphatic hydroxyl groups excluding tert-OH is 1. The molecule has 2 aliphatic rings. The number of benzene rings is 1. The quantitative estimate of drug-likeness (QED) is 0.712. The van der Waals surface area contributed by atoms with E-state index in [4.69, 9.17) is 0 Å². The standard InChI is InChI=1S/C27H34N4O2/c1-29(2)15-7-8-21-10-12-22(13-11-21)27-24-19-30(16-5-6-17-31(24)25(27)20-32)26(33)18-23-9-3-4-14-28-23/h3-4,9-14,24-25,27,32H,5-6,15-20H2,1-2H3/t24-,25+,27-/m1/s1. The topological polar surface area (TPSA) is 59.9 Å². The van der Waals surface area contributed by atoms with Gasteiger partial charge in [-0.15, -0.1) is 0 Å². The largest absolute Gasteiger partial charge is 0.395 e. The first-order valence-electron chi connectivity index (χ1n) is 11.8. The van der Waals surface area contributed by atoms with E-state index < -0.39 is 0 Å². The number of amides is 1. The van der Waals surface area contributed by atoms with Crippen LogP contribution in [0.15, 0.2) is 48.7 Å². The summed E-state index contributed by atoms with van der Waals surface area (Å²) in [6.45, 7) is 3.32. The van der Waals surface area contributed by atoms with Crippen molar-refractivity contribution in [3.8, 4) is 11.8 Å². The lowest BCUT2D eigenvalue weighted by atomic mass is 9.74. The molecule has 2 aromatic rings. The molecule has 0 aliphatic carbocycles. The van der Waals surface area contributed by atoms with Crippen molar-refractivity contribution >= 4 is 5.91 Å². The summed E-state index contributed by atoms with van der Waals surface area (Å²) >= 11 is 0. The van der Waals surface area contributed by atoms with Crippen molar-refractivity contribution in [3.63, 3.8) is 0 Å². The highest BCUT2D eigenvalue weighted by molar-refractivity contribution is 5.78. The Bertz CT molecular complexity index is 981. The highest BCUT2D eigenvalue weighted by Gasteiger charge is 2.49. The van der Waals surface area contributed by atoms with E-state index in [0.29, 0.717) is 13.0 Å². The molecule has 3 heterocycles. The normalized spacial score (nSPS) is 23.0. The van der Waals surface area contributed by atoms with Crippen molar-refractivity contribution in [1.82, 2.24) is 19.7 Å². The van der Waals surface area contributed by atoms with Gasteiger partial charge >= 0.3 is 0 Å². The zero-order valence-electron chi connectivity index (χ0n) is 19.7. The summed E-state index contributed by atoms with van der Waals surface area (Å²) < 4.78 is 0. The maximum absolute atomic E-state index is 13.1. The Morgan fingerprint density at radius 1 is 1.15 bits per heavy atom. The van der Waals surface area contributed by atoms with Crippen LogP contribution in [0.4, 0.5) is 0 Å². The predicted octanol–water partition coefficient (Wildman–Crippen LogP) is 1.99. The van der Waals surface area contributed by atoms with Crippen LogP contribution < -0.4 is 0 Å². The van der Waals surface area contributed by atoms with Gasteiger partial charge in [0.2, 0.25) is 5.91 Å². The van der Waals surface area contributed by atoms with E-state index in [-0.39, 0.29) is 30.5 Å². The van der Waals surface area contributed by atoms with Gasteiger partial charge in [0.1, 0.15) is 0 Å². The Kier molecular flexibility index (Phi) is 7.77. The van der Waals surface area contributed by atoms with Gasteiger partial charge in [0.05, 0.1) is 19.6 Å². The molecule has 0 radical (unpaired) electrons. The molecule has 1 aromatic carbocycles. The fourth-order valence-electron chi connectivity index (χ4n) is 5.02. The van der Waals surface area contributed by atoms with E-state index in [1.165, 1.54) is 5.56 Å². The van der Waals surface area contributed by atoms with Crippen LogP contribution in [0.5, 0.6) is 0 Å². The second-order valence-corrected chi connectivity index (χ2v) is 9.29. The van der Waals surface area contributed by atoms with Crippen LogP contribution in [0.3, 0.4) is 0 Å². The summed E-state index contributed by atoms with van der Waals surface area (Å²) in [5.74, 6) is 6.73. The molecule has 1 aromatic heterocycles. The molecule has 3 atom stereocenters. The fourth-order valence-corrected chi connectivity index (χ4v) is 5.02. The molecule has 174 valence electrons. The Morgan fingerprint density at radius 2 is 1.94 bits per heavy atom. The maximum atomic E-state index is 13.1. The summed E-state index contributed by atoms with van der Waals surface area (Å²) in [4.78, 5) is 23.9. The molecular formula is C27H34N4O2. The van der Waals surface area contributed by atoms with Crippen LogP contribution >= 0.6 is 0 Å². The number of hydrogen-bond donors (Lipinski definition) is 1. The van der Waals surface area contributed by atoms with Crippen molar-refractivity contribution in [2.75, 3.05) is 46.9 Å². The minimum atomic E-state index is 0.103. The fraction of sp³-hybridized carbons (Fsp3) is 0.481. The van der Waals surface area contributed by atoms with Gasteiger partial charge in [-0.2, -0.15) is 0 Å². The lowest BCUT2D eigenvalue weighted by Crippen LogP contribution is -2.68. The number of nitrogens with zero attached hydrogens (tertiary/aromatic N) is 4. The molecule has 2 fully saturated rings. The van der Waals surface area contributed by atoms with Crippen molar-refractivity contribution in [3.05, 3.63) is 65.5 Å². The number of carbonyl (C=O) groups is 1. The summed E-state index contributed by atoms with van der Waals surface area (Å²) in [5, 5.41) is 10.2. The van der Waals surface area contributed by atoms with E-state index in [0.717, 1.165) is 43.7 Å². The number of pyridine rings is 1. The zero-order chi connectivity index (χ0) is 23.2. The average molecular weight is 447 g/mol. The van der Waals surface area contributed by atoms with Crippen LogP contribution in [0.25, 0.3) is 0 Å². The van der Waals surface area contributed by atoms with Crippen molar-refractivity contribution in [2.45, 2.75) is 37.3 Å². The minimum Gasteiger partial charge on any atom is -0.395 e. The Hall–Kier alpha value is -2.72. The van der Waals surface area contributed by atoms with Gasteiger partial charge in [-0.25, -0.2) is 0 Å². The van der Waals surface area contributed by atoms with Crippen molar-refractivity contribution in [2.24, 2.45) is 0 Å². The number of hydrogen-bond acceptors (Lipinski definition) is 5. The number of fused-ring (bicyclic) bond motifs is 1. The average Bonchev–Trinajstić information content (AvgIpc) is 2.79. The van der Waals surface area contributed by atoms with Crippen LogP contribution in [0.1, 0.15) is 35.6 Å². The highest BCUT2D eigenvalue weighted by Crippen LogP contribution is 2.42. The molecule has 0 spiro atoms. The van der Waals surface area contributed by atoms with Crippen molar-refractivity contribution < 1.29 is 9.90 Å². The van der Waals surface area contributed by atoms with Gasteiger partial charge in [0, 0.05) is 48.5 Å². The highest BCUT2D eigenvalue weighted by atomic mass is 16.3. The summed E-state index contributed by atoms with van der Waals surface area (Å²) in [7, 11) is 4.02. The van der Waals surface area contributed by atoms with Crippen LogP contribution in [0, 0.1) is 11.8 Å². The third-order valence-corrected chi connectivity index (χ3v) is 6.70. The SMILES string of the molecule is CN(C)CC#Cc1ccc([C@@H]2[C@H]3CN(C(=O)Cc4ccccn4)CCCCN3[C@H]2CO)cc1. The smallest absolute Gasteiger partial charge is 0.228 e. The third kappa shape index (κ3) is 5.62. The summed E-state index contributed by atoms with van der Waals surface area (Å²) in [6.07, 6.45) is 4.09.